The van der Waals surface area contributed by atoms with E-state index in [1.807, 2.05) is 35.9 Å². The molecule has 1 N–H and O–H groups in total. The van der Waals surface area contributed by atoms with E-state index >= 15 is 0 Å². The Hall–Kier alpha value is -1.36. The van der Waals surface area contributed by atoms with Crippen molar-refractivity contribution in [2.24, 2.45) is 5.92 Å². The zero-order valence-corrected chi connectivity index (χ0v) is 12.8. The molecule has 102 valence electrons. The molecule has 2 rings (SSSR count). The van der Waals surface area contributed by atoms with E-state index in [0.717, 1.165) is 28.7 Å². The van der Waals surface area contributed by atoms with Crippen molar-refractivity contribution in [3.63, 3.8) is 0 Å². The number of imidazole rings is 1. The molecular weight excluding hydrogens is 306 g/mol. The van der Waals surface area contributed by atoms with Gasteiger partial charge in [0, 0.05) is 22.8 Å². The number of carbonyl (C=O) groups excluding carboxylic acids is 1. The molecule has 0 spiro atoms. The molecule has 5 heteroatoms. The number of halogens is 1. The van der Waals surface area contributed by atoms with Gasteiger partial charge in [0.2, 0.25) is 5.91 Å². The number of fused-ring (bicyclic) bond motifs is 1. The van der Waals surface area contributed by atoms with Crippen LogP contribution in [0.1, 0.15) is 32.4 Å². The van der Waals surface area contributed by atoms with Crippen LogP contribution < -0.4 is 5.32 Å². The Labute approximate surface area is 121 Å². The van der Waals surface area contributed by atoms with Crippen LogP contribution in [0, 0.1) is 5.92 Å². The zero-order valence-electron chi connectivity index (χ0n) is 11.2. The van der Waals surface area contributed by atoms with E-state index in [1.54, 1.807) is 0 Å². The van der Waals surface area contributed by atoms with Gasteiger partial charge in [-0.05, 0) is 34.5 Å². The standard InChI is InChI=1S/C14H18BrN3O/c1-3-4-10(2)14(19)16-7-12-9-18-8-11(15)5-6-13(18)17-12/h5-6,8-10H,3-4,7H2,1-2H3,(H,16,19)/t10-/m1/s1. The summed E-state index contributed by atoms with van der Waals surface area (Å²) in [5, 5.41) is 2.93. The molecule has 0 aliphatic heterocycles. The Bertz CT molecular complexity index is 579. The molecule has 0 unspecified atom stereocenters. The van der Waals surface area contributed by atoms with Crippen LogP contribution in [0.5, 0.6) is 0 Å². The van der Waals surface area contributed by atoms with Crippen LogP contribution in [0.2, 0.25) is 0 Å². The predicted molar refractivity (Wildman–Crippen MR) is 78.8 cm³/mol. The van der Waals surface area contributed by atoms with Gasteiger partial charge >= 0.3 is 0 Å². The Morgan fingerprint density at radius 2 is 2.26 bits per heavy atom. The summed E-state index contributed by atoms with van der Waals surface area (Å²) in [7, 11) is 0. The maximum absolute atomic E-state index is 11.8. The Morgan fingerprint density at radius 1 is 1.47 bits per heavy atom. The van der Waals surface area contributed by atoms with Gasteiger partial charge in [-0.2, -0.15) is 0 Å². The second-order valence-corrected chi connectivity index (χ2v) is 5.67. The van der Waals surface area contributed by atoms with Crippen LogP contribution in [-0.2, 0) is 11.3 Å². The Morgan fingerprint density at radius 3 is 3.00 bits per heavy atom. The van der Waals surface area contributed by atoms with Gasteiger partial charge in [0.1, 0.15) is 5.65 Å². The molecule has 0 saturated heterocycles. The van der Waals surface area contributed by atoms with Gasteiger partial charge < -0.3 is 9.72 Å². The summed E-state index contributed by atoms with van der Waals surface area (Å²) in [6.45, 7) is 4.52. The zero-order chi connectivity index (χ0) is 13.8. The number of rotatable bonds is 5. The van der Waals surface area contributed by atoms with Crippen LogP contribution >= 0.6 is 15.9 Å². The van der Waals surface area contributed by atoms with E-state index in [2.05, 4.69) is 33.2 Å². The maximum Gasteiger partial charge on any atom is 0.223 e. The number of amides is 1. The first-order valence-corrected chi connectivity index (χ1v) is 7.30. The molecule has 1 amide bonds. The molecule has 2 aromatic rings. The van der Waals surface area contributed by atoms with Crippen LogP contribution in [0.4, 0.5) is 0 Å². The lowest BCUT2D eigenvalue weighted by molar-refractivity contribution is -0.124. The lowest BCUT2D eigenvalue weighted by Gasteiger charge is -2.09. The van der Waals surface area contributed by atoms with E-state index < -0.39 is 0 Å². The number of hydrogen-bond donors (Lipinski definition) is 1. The van der Waals surface area contributed by atoms with Crippen molar-refractivity contribution >= 4 is 27.5 Å². The highest BCUT2D eigenvalue weighted by Crippen LogP contribution is 2.12. The van der Waals surface area contributed by atoms with E-state index in [9.17, 15) is 4.79 Å². The fourth-order valence-electron chi connectivity index (χ4n) is 2.02. The summed E-state index contributed by atoms with van der Waals surface area (Å²) in [5.41, 5.74) is 1.75. The second-order valence-electron chi connectivity index (χ2n) is 4.75. The molecular formula is C14H18BrN3O. The van der Waals surface area contributed by atoms with Crippen molar-refractivity contribution in [2.45, 2.75) is 33.2 Å². The highest BCUT2D eigenvalue weighted by Gasteiger charge is 2.11. The van der Waals surface area contributed by atoms with Crippen molar-refractivity contribution in [3.05, 3.63) is 34.7 Å². The number of nitrogens with one attached hydrogen (secondary N) is 1. The van der Waals surface area contributed by atoms with Gasteiger partial charge in [0.15, 0.2) is 0 Å². The second kappa shape index (κ2) is 6.19. The molecule has 0 radical (unpaired) electrons. The molecule has 2 heterocycles. The van der Waals surface area contributed by atoms with Crippen molar-refractivity contribution in [1.29, 1.82) is 0 Å². The van der Waals surface area contributed by atoms with Gasteiger partial charge in [-0.25, -0.2) is 4.98 Å². The number of hydrogen-bond acceptors (Lipinski definition) is 2. The van der Waals surface area contributed by atoms with Crippen molar-refractivity contribution in [1.82, 2.24) is 14.7 Å². The van der Waals surface area contributed by atoms with Crippen molar-refractivity contribution in [3.8, 4) is 0 Å². The minimum Gasteiger partial charge on any atom is -0.350 e. The Kier molecular flexibility index (Phi) is 4.58. The fourth-order valence-corrected chi connectivity index (χ4v) is 2.37. The van der Waals surface area contributed by atoms with E-state index in [-0.39, 0.29) is 11.8 Å². The first kappa shape index (κ1) is 14.1. The highest BCUT2D eigenvalue weighted by molar-refractivity contribution is 9.10. The fraction of sp³-hybridized carbons (Fsp3) is 0.429. The normalized spacial score (nSPS) is 12.6. The highest BCUT2D eigenvalue weighted by atomic mass is 79.9. The first-order valence-electron chi connectivity index (χ1n) is 6.51. The van der Waals surface area contributed by atoms with Crippen LogP contribution in [-0.4, -0.2) is 15.3 Å². The van der Waals surface area contributed by atoms with Gasteiger partial charge in [-0.1, -0.05) is 20.3 Å². The number of nitrogens with zero attached hydrogens (tertiary/aromatic N) is 2. The smallest absolute Gasteiger partial charge is 0.223 e. The molecule has 0 saturated carbocycles. The molecule has 0 aromatic carbocycles. The summed E-state index contributed by atoms with van der Waals surface area (Å²) in [6, 6.07) is 3.89. The van der Waals surface area contributed by atoms with Crippen LogP contribution in [0.15, 0.2) is 29.0 Å². The molecule has 1 atom stereocenters. The van der Waals surface area contributed by atoms with Gasteiger partial charge in [0.05, 0.1) is 12.2 Å². The summed E-state index contributed by atoms with van der Waals surface area (Å²) >= 11 is 3.42. The quantitative estimate of drug-likeness (QED) is 0.918. The third-order valence-corrected chi connectivity index (χ3v) is 3.55. The molecule has 0 aliphatic rings. The molecule has 0 bridgehead atoms. The summed E-state index contributed by atoms with van der Waals surface area (Å²) in [6.07, 6.45) is 5.83. The number of pyridine rings is 1. The minimum absolute atomic E-state index is 0.0659. The maximum atomic E-state index is 11.8. The molecule has 0 aliphatic carbocycles. The summed E-state index contributed by atoms with van der Waals surface area (Å²) in [4.78, 5) is 16.3. The SMILES string of the molecule is CCC[C@@H](C)C(=O)NCc1cn2cc(Br)ccc2n1. The van der Waals surface area contributed by atoms with E-state index in [1.165, 1.54) is 0 Å². The monoisotopic (exact) mass is 323 g/mol. The van der Waals surface area contributed by atoms with E-state index in [0.29, 0.717) is 6.54 Å². The molecule has 4 nitrogen and oxygen atoms in total. The van der Waals surface area contributed by atoms with Crippen molar-refractivity contribution in [2.75, 3.05) is 0 Å². The van der Waals surface area contributed by atoms with Gasteiger partial charge in [0.25, 0.3) is 0 Å². The molecule has 19 heavy (non-hydrogen) atoms. The van der Waals surface area contributed by atoms with Crippen molar-refractivity contribution < 1.29 is 4.79 Å². The predicted octanol–water partition coefficient (Wildman–Crippen LogP) is 3.15. The average molecular weight is 324 g/mol. The molecule has 2 aromatic heterocycles. The van der Waals surface area contributed by atoms with Gasteiger partial charge in [-0.3, -0.25) is 4.79 Å². The Balaban J connectivity index is 2.00. The average Bonchev–Trinajstić information content (AvgIpc) is 2.78. The van der Waals surface area contributed by atoms with E-state index in [4.69, 9.17) is 0 Å². The lowest BCUT2D eigenvalue weighted by atomic mass is 10.1. The van der Waals surface area contributed by atoms with Gasteiger partial charge in [-0.15, -0.1) is 0 Å². The summed E-state index contributed by atoms with van der Waals surface area (Å²) in [5.74, 6) is 0.163. The number of aromatic nitrogens is 2. The van der Waals surface area contributed by atoms with Crippen LogP contribution in [0.3, 0.4) is 0 Å². The van der Waals surface area contributed by atoms with Crippen LogP contribution in [0.25, 0.3) is 5.65 Å². The third-order valence-electron chi connectivity index (χ3n) is 3.08. The summed E-state index contributed by atoms with van der Waals surface area (Å²) < 4.78 is 2.95. The lowest BCUT2D eigenvalue weighted by Crippen LogP contribution is -2.28. The number of carbonyl (C=O) groups is 1. The minimum atomic E-state index is 0.0659. The third kappa shape index (κ3) is 3.56. The molecule has 0 fully saturated rings. The largest absolute Gasteiger partial charge is 0.350 e. The topological polar surface area (TPSA) is 46.4 Å². The first-order chi connectivity index (χ1) is 9.10.